The van der Waals surface area contributed by atoms with E-state index >= 15 is 0 Å². The van der Waals surface area contributed by atoms with Gasteiger partial charge >= 0.3 is 0 Å². The minimum atomic E-state index is -0.00109. The van der Waals surface area contributed by atoms with Gasteiger partial charge in [0, 0.05) is 56.6 Å². The van der Waals surface area contributed by atoms with Crippen molar-refractivity contribution in [3.63, 3.8) is 0 Å². The molecule has 2 fully saturated rings. The molecule has 1 N–H and O–H groups in total. The molecule has 0 aromatic carbocycles. The number of carbonyl (C=O) groups excluding carboxylic acids is 1. The summed E-state index contributed by atoms with van der Waals surface area (Å²) in [6, 6.07) is 1.94. The molecule has 2 aliphatic rings. The predicted octanol–water partition coefficient (Wildman–Crippen LogP) is 0.995. The Morgan fingerprint density at radius 3 is 2.96 bits per heavy atom. The van der Waals surface area contributed by atoms with Crippen molar-refractivity contribution < 1.29 is 9.53 Å². The molecule has 2 saturated heterocycles. The molecular weight excluding hydrogens is 332 g/mol. The van der Waals surface area contributed by atoms with Crippen molar-refractivity contribution in [1.82, 2.24) is 29.8 Å². The molecule has 2 aromatic rings. The molecule has 0 spiro atoms. The number of hydrogen-bond donors (Lipinski definition) is 1. The molecule has 4 rings (SSSR count). The van der Waals surface area contributed by atoms with Crippen LogP contribution in [0.2, 0.25) is 0 Å². The molecule has 0 radical (unpaired) electrons. The summed E-state index contributed by atoms with van der Waals surface area (Å²) in [4.78, 5) is 16.8. The van der Waals surface area contributed by atoms with Gasteiger partial charge in [-0.3, -0.25) is 19.5 Å². The van der Waals surface area contributed by atoms with Crippen molar-refractivity contribution in [3.05, 3.63) is 35.4 Å². The molecule has 0 saturated carbocycles. The van der Waals surface area contributed by atoms with Crippen molar-refractivity contribution in [2.75, 3.05) is 39.4 Å². The van der Waals surface area contributed by atoms with E-state index in [9.17, 15) is 4.79 Å². The van der Waals surface area contributed by atoms with Crippen LogP contribution < -0.4 is 0 Å². The SMILES string of the molecule is Cn1cc(CN2CCCC(c3cc(C(=O)N4CCOCC4)n[nH]3)C2)cn1. The Bertz CT molecular complexity index is 748. The number of aryl methyl sites for hydroxylation is 1. The molecule has 1 atom stereocenters. The summed E-state index contributed by atoms with van der Waals surface area (Å²) in [5.74, 6) is 0.387. The Morgan fingerprint density at radius 1 is 1.35 bits per heavy atom. The summed E-state index contributed by atoms with van der Waals surface area (Å²) in [5.41, 5.74) is 2.82. The van der Waals surface area contributed by atoms with Gasteiger partial charge in [-0.25, -0.2) is 0 Å². The number of morpholine rings is 1. The molecule has 140 valence electrons. The van der Waals surface area contributed by atoms with E-state index in [1.165, 1.54) is 5.56 Å². The van der Waals surface area contributed by atoms with Crippen molar-refractivity contribution in [2.24, 2.45) is 7.05 Å². The van der Waals surface area contributed by atoms with Gasteiger partial charge in [0.15, 0.2) is 0 Å². The Morgan fingerprint density at radius 2 is 2.19 bits per heavy atom. The fourth-order valence-electron chi connectivity index (χ4n) is 3.85. The summed E-state index contributed by atoms with van der Waals surface area (Å²) in [5, 5.41) is 11.7. The molecule has 26 heavy (non-hydrogen) atoms. The lowest BCUT2D eigenvalue weighted by Crippen LogP contribution is -2.40. The minimum absolute atomic E-state index is 0.00109. The number of aromatic nitrogens is 4. The van der Waals surface area contributed by atoms with Crippen molar-refractivity contribution in [2.45, 2.75) is 25.3 Å². The first kappa shape index (κ1) is 17.2. The van der Waals surface area contributed by atoms with E-state index in [-0.39, 0.29) is 5.91 Å². The third kappa shape index (κ3) is 3.81. The number of piperidine rings is 1. The first-order chi connectivity index (χ1) is 12.7. The largest absolute Gasteiger partial charge is 0.378 e. The van der Waals surface area contributed by atoms with E-state index in [1.807, 2.05) is 28.9 Å². The van der Waals surface area contributed by atoms with Crippen LogP contribution >= 0.6 is 0 Å². The predicted molar refractivity (Wildman–Crippen MR) is 95.8 cm³/mol. The molecule has 2 aliphatic heterocycles. The van der Waals surface area contributed by atoms with E-state index < -0.39 is 0 Å². The van der Waals surface area contributed by atoms with Gasteiger partial charge in [-0.2, -0.15) is 10.2 Å². The van der Waals surface area contributed by atoms with Crippen LogP contribution in [0.5, 0.6) is 0 Å². The summed E-state index contributed by atoms with van der Waals surface area (Å²) in [6.07, 6.45) is 6.27. The first-order valence-electron chi connectivity index (χ1n) is 9.31. The van der Waals surface area contributed by atoms with Crippen LogP contribution in [0, 0.1) is 0 Å². The highest BCUT2D eigenvalue weighted by Crippen LogP contribution is 2.27. The average Bonchev–Trinajstić information content (AvgIpc) is 3.31. The molecular formula is C18H26N6O2. The lowest BCUT2D eigenvalue weighted by atomic mass is 9.94. The zero-order chi connectivity index (χ0) is 17.9. The van der Waals surface area contributed by atoms with Crippen LogP contribution in [0.4, 0.5) is 0 Å². The Kier molecular flexibility index (Phi) is 5.03. The normalized spacial score (nSPS) is 21.9. The van der Waals surface area contributed by atoms with Gasteiger partial charge in [0.1, 0.15) is 5.69 Å². The Balaban J connectivity index is 1.39. The number of likely N-dealkylation sites (tertiary alicyclic amines) is 1. The number of ether oxygens (including phenoxy) is 1. The maximum atomic E-state index is 12.6. The van der Waals surface area contributed by atoms with Crippen molar-refractivity contribution in [3.8, 4) is 0 Å². The van der Waals surface area contributed by atoms with Gasteiger partial charge in [0.05, 0.1) is 19.4 Å². The maximum absolute atomic E-state index is 12.6. The highest BCUT2D eigenvalue weighted by molar-refractivity contribution is 5.92. The Hall–Kier alpha value is -2.19. The van der Waals surface area contributed by atoms with Crippen LogP contribution in [0.1, 0.15) is 40.5 Å². The van der Waals surface area contributed by atoms with E-state index in [0.717, 1.165) is 38.2 Å². The molecule has 2 aromatic heterocycles. The molecule has 0 aliphatic carbocycles. The lowest BCUT2D eigenvalue weighted by Gasteiger charge is -2.31. The second kappa shape index (κ2) is 7.59. The van der Waals surface area contributed by atoms with Gasteiger partial charge < -0.3 is 9.64 Å². The van der Waals surface area contributed by atoms with Gasteiger partial charge in [-0.1, -0.05) is 0 Å². The van der Waals surface area contributed by atoms with Gasteiger partial charge in [-0.15, -0.1) is 0 Å². The van der Waals surface area contributed by atoms with Gasteiger partial charge in [0.2, 0.25) is 0 Å². The zero-order valence-corrected chi connectivity index (χ0v) is 15.2. The second-order valence-corrected chi connectivity index (χ2v) is 7.21. The fourth-order valence-corrected chi connectivity index (χ4v) is 3.85. The van der Waals surface area contributed by atoms with Crippen molar-refractivity contribution in [1.29, 1.82) is 0 Å². The van der Waals surface area contributed by atoms with Crippen LogP contribution in [0.3, 0.4) is 0 Å². The Labute approximate surface area is 153 Å². The molecule has 0 bridgehead atoms. The topological polar surface area (TPSA) is 79.3 Å². The molecule has 4 heterocycles. The van der Waals surface area contributed by atoms with E-state index in [2.05, 4.69) is 26.4 Å². The third-order valence-electron chi connectivity index (χ3n) is 5.22. The molecule has 8 heteroatoms. The third-order valence-corrected chi connectivity index (χ3v) is 5.22. The van der Waals surface area contributed by atoms with E-state index in [1.54, 1.807) is 0 Å². The van der Waals surface area contributed by atoms with Crippen LogP contribution in [-0.2, 0) is 18.3 Å². The zero-order valence-electron chi connectivity index (χ0n) is 15.2. The number of rotatable bonds is 4. The van der Waals surface area contributed by atoms with Crippen molar-refractivity contribution >= 4 is 5.91 Å². The molecule has 8 nitrogen and oxygen atoms in total. The first-order valence-corrected chi connectivity index (χ1v) is 9.31. The number of nitrogens with zero attached hydrogens (tertiary/aromatic N) is 5. The monoisotopic (exact) mass is 358 g/mol. The highest BCUT2D eigenvalue weighted by Gasteiger charge is 2.26. The number of carbonyl (C=O) groups is 1. The summed E-state index contributed by atoms with van der Waals surface area (Å²) in [7, 11) is 1.94. The van der Waals surface area contributed by atoms with Gasteiger partial charge in [0.25, 0.3) is 5.91 Å². The summed E-state index contributed by atoms with van der Waals surface area (Å²) < 4.78 is 7.16. The van der Waals surface area contributed by atoms with Gasteiger partial charge in [-0.05, 0) is 25.5 Å². The number of nitrogens with one attached hydrogen (secondary N) is 1. The number of hydrogen-bond acceptors (Lipinski definition) is 5. The lowest BCUT2D eigenvalue weighted by molar-refractivity contribution is 0.0299. The summed E-state index contributed by atoms with van der Waals surface area (Å²) >= 11 is 0. The second-order valence-electron chi connectivity index (χ2n) is 7.21. The number of H-pyrrole nitrogens is 1. The van der Waals surface area contributed by atoms with Crippen LogP contribution in [0.25, 0.3) is 0 Å². The number of aromatic amines is 1. The van der Waals surface area contributed by atoms with E-state index in [0.29, 0.717) is 37.9 Å². The van der Waals surface area contributed by atoms with E-state index in [4.69, 9.17) is 4.74 Å². The fraction of sp³-hybridized carbons (Fsp3) is 0.611. The van der Waals surface area contributed by atoms with Crippen LogP contribution in [0.15, 0.2) is 18.5 Å². The number of amides is 1. The summed E-state index contributed by atoms with van der Waals surface area (Å²) in [6.45, 7) is 5.48. The average molecular weight is 358 g/mol. The quantitative estimate of drug-likeness (QED) is 0.882. The highest BCUT2D eigenvalue weighted by atomic mass is 16.5. The smallest absolute Gasteiger partial charge is 0.274 e. The standard InChI is InChI=1S/C18H26N6O2/c1-22-11-14(10-19-22)12-23-4-2-3-15(13-23)16-9-17(21-20-16)18(25)24-5-7-26-8-6-24/h9-11,15H,2-8,12-13H2,1H3,(H,20,21). The molecule has 1 amide bonds. The minimum Gasteiger partial charge on any atom is -0.378 e. The van der Waals surface area contributed by atoms with Crippen LogP contribution in [-0.4, -0.2) is 75.1 Å². The molecule has 1 unspecified atom stereocenters. The maximum Gasteiger partial charge on any atom is 0.274 e.